The minimum absolute atomic E-state index is 0.688. The molecule has 2 aromatic carbocycles. The zero-order chi connectivity index (χ0) is 11.3. The van der Waals surface area contributed by atoms with Crippen LogP contribution < -0.4 is 14.9 Å². The fraction of sp³-hybridized carbons (Fsp3) is 0. The molecule has 85 valence electrons. The van der Waals surface area contributed by atoms with Gasteiger partial charge in [-0.25, -0.2) is 0 Å². The number of fused-ring (bicyclic) bond motifs is 2. The van der Waals surface area contributed by atoms with Gasteiger partial charge in [0.25, 0.3) is 0 Å². The van der Waals surface area contributed by atoms with Gasteiger partial charge in [0.15, 0.2) is 0 Å². The third-order valence-corrected chi connectivity index (χ3v) is 6.07. The Bertz CT molecular complexity index is 492. The van der Waals surface area contributed by atoms with Gasteiger partial charge in [-0.05, 0) is 0 Å². The van der Waals surface area contributed by atoms with Gasteiger partial charge in [-0.1, -0.05) is 0 Å². The summed E-state index contributed by atoms with van der Waals surface area (Å²) in [7, 11) is 0. The molecule has 0 bridgehead atoms. The van der Waals surface area contributed by atoms with Crippen LogP contribution >= 0.6 is 0 Å². The van der Waals surface area contributed by atoms with E-state index < -0.39 is 14.9 Å². The number of hydrogen-bond acceptors (Lipinski definition) is 4. The van der Waals surface area contributed by atoms with E-state index in [1.807, 2.05) is 48.5 Å². The fourth-order valence-electron chi connectivity index (χ4n) is 1.80. The molecule has 2 aliphatic heterocycles. The Labute approximate surface area is 102 Å². The normalized spacial score (nSPS) is 17.4. The maximum atomic E-state index is 5.74. The summed E-state index contributed by atoms with van der Waals surface area (Å²) in [5, 5.41) is 0. The van der Waals surface area contributed by atoms with Gasteiger partial charge in [-0.15, -0.1) is 0 Å². The molecular formula is C12H8AsO4. The first-order chi connectivity index (χ1) is 8.35. The average Bonchev–Trinajstić information content (AvgIpc) is 2.87. The second-order valence-electron chi connectivity index (χ2n) is 3.71. The zero-order valence-corrected chi connectivity index (χ0v) is 10.6. The van der Waals surface area contributed by atoms with E-state index >= 15 is 0 Å². The Kier molecular flexibility index (Phi) is 1.69. The van der Waals surface area contributed by atoms with E-state index in [4.69, 9.17) is 14.9 Å². The molecular weight excluding hydrogens is 283 g/mol. The molecule has 0 atom stereocenters. The Morgan fingerprint density at radius 3 is 1.12 bits per heavy atom. The van der Waals surface area contributed by atoms with Gasteiger partial charge in [-0.3, -0.25) is 0 Å². The average molecular weight is 291 g/mol. The van der Waals surface area contributed by atoms with Crippen molar-refractivity contribution in [3.05, 3.63) is 48.5 Å². The van der Waals surface area contributed by atoms with E-state index in [1.165, 1.54) is 0 Å². The fourth-order valence-corrected chi connectivity index (χ4v) is 5.55. The quantitative estimate of drug-likeness (QED) is 0.698. The molecule has 0 N–H and O–H groups in total. The molecule has 0 amide bonds. The summed E-state index contributed by atoms with van der Waals surface area (Å²) in [5.74, 6) is 2.75. The summed E-state index contributed by atoms with van der Waals surface area (Å²) in [5.41, 5.74) is 0. The molecule has 4 nitrogen and oxygen atoms in total. The van der Waals surface area contributed by atoms with Crippen LogP contribution in [-0.4, -0.2) is 14.9 Å². The summed E-state index contributed by atoms with van der Waals surface area (Å²) in [6, 6.07) is 15.0. The molecule has 0 unspecified atom stereocenters. The van der Waals surface area contributed by atoms with E-state index in [0.717, 1.165) is 0 Å². The molecule has 0 fully saturated rings. The Balaban J connectivity index is 1.72. The molecule has 0 aliphatic carbocycles. The molecule has 2 heterocycles. The van der Waals surface area contributed by atoms with E-state index in [-0.39, 0.29) is 0 Å². The Morgan fingerprint density at radius 2 is 0.824 bits per heavy atom. The number of rotatable bonds is 0. The van der Waals surface area contributed by atoms with E-state index in [0.29, 0.717) is 23.0 Å². The summed E-state index contributed by atoms with van der Waals surface area (Å²) in [6.07, 6.45) is 0. The summed E-state index contributed by atoms with van der Waals surface area (Å²) < 4.78 is 23.0. The maximum absolute atomic E-state index is 5.74. The number of hydrogen-bond donors (Lipinski definition) is 0. The van der Waals surface area contributed by atoms with Gasteiger partial charge >= 0.3 is 101 Å². The Hall–Kier alpha value is -1.80. The molecule has 4 rings (SSSR count). The summed E-state index contributed by atoms with van der Waals surface area (Å²) in [4.78, 5) is 0. The van der Waals surface area contributed by atoms with Crippen LogP contribution in [0.3, 0.4) is 0 Å². The second-order valence-corrected chi connectivity index (χ2v) is 7.11. The van der Waals surface area contributed by atoms with E-state index in [9.17, 15) is 0 Å². The molecule has 1 spiro atoms. The van der Waals surface area contributed by atoms with Crippen molar-refractivity contribution in [2.45, 2.75) is 0 Å². The van der Waals surface area contributed by atoms with Crippen molar-refractivity contribution < 1.29 is 14.9 Å². The van der Waals surface area contributed by atoms with Crippen LogP contribution in [0.5, 0.6) is 23.0 Å². The van der Waals surface area contributed by atoms with E-state index in [1.54, 1.807) is 0 Å². The van der Waals surface area contributed by atoms with Crippen molar-refractivity contribution in [2.75, 3.05) is 0 Å². The van der Waals surface area contributed by atoms with E-state index in [2.05, 4.69) is 0 Å². The minimum atomic E-state index is -3.46. The van der Waals surface area contributed by atoms with Crippen LogP contribution in [0.25, 0.3) is 0 Å². The van der Waals surface area contributed by atoms with Gasteiger partial charge < -0.3 is 0 Å². The van der Waals surface area contributed by atoms with Gasteiger partial charge in [0.2, 0.25) is 0 Å². The molecule has 1 radical (unpaired) electrons. The van der Waals surface area contributed by atoms with Gasteiger partial charge in [0.1, 0.15) is 0 Å². The third kappa shape index (κ3) is 1.31. The predicted molar refractivity (Wildman–Crippen MR) is 61.2 cm³/mol. The first kappa shape index (κ1) is 9.25. The van der Waals surface area contributed by atoms with Crippen molar-refractivity contribution in [3.8, 4) is 23.0 Å². The molecule has 0 saturated carbocycles. The summed E-state index contributed by atoms with van der Waals surface area (Å²) in [6.45, 7) is 0. The summed E-state index contributed by atoms with van der Waals surface area (Å²) >= 11 is -3.46. The van der Waals surface area contributed by atoms with Crippen molar-refractivity contribution in [1.29, 1.82) is 0 Å². The van der Waals surface area contributed by atoms with Gasteiger partial charge in [-0.2, -0.15) is 0 Å². The monoisotopic (exact) mass is 291 g/mol. The van der Waals surface area contributed by atoms with Crippen LogP contribution in [0.4, 0.5) is 0 Å². The van der Waals surface area contributed by atoms with Crippen molar-refractivity contribution >= 4 is 14.9 Å². The van der Waals surface area contributed by atoms with Crippen LogP contribution in [0.15, 0.2) is 48.5 Å². The number of para-hydroxylation sites is 4. The van der Waals surface area contributed by atoms with Crippen molar-refractivity contribution in [1.82, 2.24) is 0 Å². The van der Waals surface area contributed by atoms with Crippen LogP contribution in [0.2, 0.25) is 0 Å². The van der Waals surface area contributed by atoms with Crippen molar-refractivity contribution in [2.24, 2.45) is 0 Å². The Morgan fingerprint density at radius 1 is 0.529 bits per heavy atom. The standard InChI is InChI=1S/C12H8AsO4/c1-2-6-10-9(5-1)14-13(15-10)16-11-7-3-4-8-12(11)17-13/h1-8H. The number of benzene rings is 2. The topological polar surface area (TPSA) is 36.9 Å². The van der Waals surface area contributed by atoms with Crippen molar-refractivity contribution in [3.63, 3.8) is 0 Å². The van der Waals surface area contributed by atoms with Crippen LogP contribution in [-0.2, 0) is 0 Å². The van der Waals surface area contributed by atoms with Gasteiger partial charge in [0.05, 0.1) is 0 Å². The SMILES string of the molecule is c1ccc2c(c1)O[As]1(O2)Oc2ccccc2O1. The molecule has 17 heavy (non-hydrogen) atoms. The third-order valence-electron chi connectivity index (χ3n) is 2.54. The first-order valence-corrected chi connectivity index (χ1v) is 8.27. The molecule has 0 aromatic heterocycles. The van der Waals surface area contributed by atoms with Crippen LogP contribution in [0, 0.1) is 0 Å². The van der Waals surface area contributed by atoms with Crippen LogP contribution in [0.1, 0.15) is 0 Å². The molecule has 2 aliphatic rings. The zero-order valence-electron chi connectivity index (χ0n) is 8.70. The first-order valence-electron chi connectivity index (χ1n) is 5.20. The predicted octanol–water partition coefficient (Wildman–Crippen LogP) is 2.36. The molecule has 2 aromatic rings. The second kappa shape index (κ2) is 3.11. The van der Waals surface area contributed by atoms with Gasteiger partial charge in [0, 0.05) is 0 Å². The molecule has 5 heteroatoms. The molecule has 0 saturated heterocycles.